The molecule has 1 amide bonds. The summed E-state index contributed by atoms with van der Waals surface area (Å²) in [5, 5.41) is 9.77. The van der Waals surface area contributed by atoms with Crippen molar-refractivity contribution in [3.05, 3.63) is 39.9 Å². The predicted octanol–water partition coefficient (Wildman–Crippen LogP) is 3.63. The molecule has 110 valence electrons. The number of nitrogens with zero attached hydrogens (tertiary/aromatic N) is 1. The van der Waals surface area contributed by atoms with Crippen LogP contribution in [-0.2, 0) is 4.79 Å². The number of aliphatic hydroxyl groups excluding tert-OH is 1. The van der Waals surface area contributed by atoms with Gasteiger partial charge in [0, 0.05) is 36.3 Å². The topological polar surface area (TPSA) is 40.5 Å². The summed E-state index contributed by atoms with van der Waals surface area (Å²) < 4.78 is 0. The fraction of sp³-hybridized carbons (Fsp3) is 0.400. The van der Waals surface area contributed by atoms with Crippen LogP contribution in [0.5, 0.6) is 0 Å². The van der Waals surface area contributed by atoms with Gasteiger partial charge in [-0.3, -0.25) is 4.79 Å². The van der Waals surface area contributed by atoms with Crippen LogP contribution in [0, 0.1) is 0 Å². The van der Waals surface area contributed by atoms with Gasteiger partial charge in [0.2, 0.25) is 5.91 Å². The summed E-state index contributed by atoms with van der Waals surface area (Å²) >= 11 is 11.8. The van der Waals surface area contributed by atoms with Gasteiger partial charge in [-0.15, -0.1) is 0 Å². The predicted molar refractivity (Wildman–Crippen MR) is 84.1 cm³/mol. The number of amides is 1. The molecule has 0 bridgehead atoms. The number of likely N-dealkylation sites (N-methyl/N-ethyl adjacent to an activating group) is 1. The first-order chi connectivity index (χ1) is 9.52. The third-order valence-corrected chi connectivity index (χ3v) is 3.27. The summed E-state index contributed by atoms with van der Waals surface area (Å²) in [6.45, 7) is 0.882. The van der Waals surface area contributed by atoms with Gasteiger partial charge < -0.3 is 10.0 Å². The van der Waals surface area contributed by atoms with Crippen molar-refractivity contribution in [2.45, 2.75) is 19.3 Å². The molecule has 1 aromatic rings. The fourth-order valence-corrected chi connectivity index (χ4v) is 2.26. The molecular formula is C15H19Cl2NO2. The van der Waals surface area contributed by atoms with E-state index in [1.807, 2.05) is 0 Å². The molecule has 0 aromatic heterocycles. The molecule has 0 aliphatic carbocycles. The lowest BCUT2D eigenvalue weighted by Gasteiger charge is -2.14. The maximum Gasteiger partial charge on any atom is 0.246 e. The molecule has 5 heteroatoms. The zero-order valence-electron chi connectivity index (χ0n) is 11.5. The Hall–Kier alpha value is -1.03. The second-order valence-corrected chi connectivity index (χ2v) is 5.45. The second kappa shape index (κ2) is 9.01. The molecule has 0 heterocycles. The molecule has 1 N–H and O–H groups in total. The minimum atomic E-state index is -0.0647. The second-order valence-electron chi connectivity index (χ2n) is 4.58. The highest BCUT2D eigenvalue weighted by atomic mass is 35.5. The number of carbonyl (C=O) groups excluding carboxylic acids is 1. The molecule has 20 heavy (non-hydrogen) atoms. The van der Waals surface area contributed by atoms with Gasteiger partial charge in [-0.2, -0.15) is 0 Å². The van der Waals surface area contributed by atoms with E-state index in [0.717, 1.165) is 24.8 Å². The third-order valence-electron chi connectivity index (χ3n) is 2.83. The van der Waals surface area contributed by atoms with E-state index in [9.17, 15) is 4.79 Å². The van der Waals surface area contributed by atoms with Crippen LogP contribution in [0.3, 0.4) is 0 Å². The van der Waals surface area contributed by atoms with Crippen molar-refractivity contribution in [3.8, 4) is 0 Å². The van der Waals surface area contributed by atoms with Crippen molar-refractivity contribution in [2.24, 2.45) is 0 Å². The number of hydrogen-bond acceptors (Lipinski definition) is 2. The van der Waals surface area contributed by atoms with Crippen molar-refractivity contribution in [3.63, 3.8) is 0 Å². The van der Waals surface area contributed by atoms with Crippen molar-refractivity contribution in [1.82, 2.24) is 4.90 Å². The molecule has 0 radical (unpaired) electrons. The first kappa shape index (κ1) is 17.0. The summed E-state index contributed by atoms with van der Waals surface area (Å²) in [5.41, 5.74) is 0.796. The van der Waals surface area contributed by atoms with Gasteiger partial charge in [0.15, 0.2) is 0 Å². The molecule has 0 atom stereocenters. The highest BCUT2D eigenvalue weighted by molar-refractivity contribution is 6.34. The number of benzene rings is 1. The smallest absolute Gasteiger partial charge is 0.246 e. The van der Waals surface area contributed by atoms with Gasteiger partial charge in [0.25, 0.3) is 0 Å². The van der Waals surface area contributed by atoms with Crippen LogP contribution in [0.4, 0.5) is 0 Å². The van der Waals surface area contributed by atoms with Crippen LogP contribution < -0.4 is 0 Å². The first-order valence-corrected chi connectivity index (χ1v) is 7.28. The molecule has 1 aromatic carbocycles. The van der Waals surface area contributed by atoms with Gasteiger partial charge in [0.05, 0.1) is 0 Å². The number of hydrogen-bond donors (Lipinski definition) is 1. The molecule has 0 unspecified atom stereocenters. The molecule has 0 saturated heterocycles. The average Bonchev–Trinajstić information content (AvgIpc) is 2.39. The third kappa shape index (κ3) is 6.42. The Kier molecular flexibility index (Phi) is 7.67. The van der Waals surface area contributed by atoms with Gasteiger partial charge in [-0.25, -0.2) is 0 Å². The maximum atomic E-state index is 11.9. The molecule has 1 rings (SSSR count). The zero-order chi connectivity index (χ0) is 15.0. The van der Waals surface area contributed by atoms with Gasteiger partial charge in [-0.1, -0.05) is 23.2 Å². The minimum Gasteiger partial charge on any atom is -0.396 e. The SMILES string of the molecule is CN(CCCCCO)C(=O)/C=C/c1cc(Cl)cc(Cl)c1. The van der Waals surface area contributed by atoms with E-state index >= 15 is 0 Å². The van der Waals surface area contributed by atoms with E-state index < -0.39 is 0 Å². The van der Waals surface area contributed by atoms with E-state index in [0.29, 0.717) is 16.6 Å². The summed E-state index contributed by atoms with van der Waals surface area (Å²) in [5.74, 6) is -0.0647. The van der Waals surface area contributed by atoms with Gasteiger partial charge in [-0.05, 0) is 49.1 Å². The van der Waals surface area contributed by atoms with Crippen LogP contribution in [0.15, 0.2) is 24.3 Å². The molecule has 0 spiro atoms. The lowest BCUT2D eigenvalue weighted by molar-refractivity contribution is -0.124. The van der Waals surface area contributed by atoms with Gasteiger partial charge in [0.1, 0.15) is 0 Å². The highest BCUT2D eigenvalue weighted by Gasteiger charge is 2.04. The summed E-state index contributed by atoms with van der Waals surface area (Å²) in [6, 6.07) is 5.15. The standard InChI is InChI=1S/C15H19Cl2NO2/c1-18(7-3-2-4-8-19)15(20)6-5-12-9-13(16)11-14(17)10-12/h5-6,9-11,19H,2-4,7-8H2,1H3/b6-5+. The quantitative estimate of drug-likeness (QED) is 0.616. The number of halogens is 2. The number of aliphatic hydroxyl groups is 1. The minimum absolute atomic E-state index is 0.0647. The maximum absolute atomic E-state index is 11.9. The lowest BCUT2D eigenvalue weighted by Crippen LogP contribution is -2.25. The molecular weight excluding hydrogens is 297 g/mol. The Morgan fingerprint density at radius 3 is 2.45 bits per heavy atom. The molecule has 0 aliphatic heterocycles. The van der Waals surface area contributed by atoms with Crippen molar-refractivity contribution in [1.29, 1.82) is 0 Å². The summed E-state index contributed by atoms with van der Waals surface area (Å²) in [7, 11) is 1.76. The Bertz CT molecular complexity index is 455. The van der Waals surface area contributed by atoms with E-state index in [-0.39, 0.29) is 12.5 Å². The zero-order valence-corrected chi connectivity index (χ0v) is 13.0. The fourth-order valence-electron chi connectivity index (χ4n) is 1.71. The van der Waals surface area contributed by atoms with Gasteiger partial charge >= 0.3 is 0 Å². The van der Waals surface area contributed by atoms with Crippen molar-refractivity contribution >= 4 is 35.2 Å². The lowest BCUT2D eigenvalue weighted by atomic mass is 10.2. The van der Waals surface area contributed by atoms with E-state index in [2.05, 4.69) is 0 Å². The first-order valence-electron chi connectivity index (χ1n) is 6.53. The number of unbranched alkanes of at least 4 members (excludes halogenated alkanes) is 2. The molecule has 3 nitrogen and oxygen atoms in total. The van der Waals surface area contributed by atoms with Crippen molar-refractivity contribution in [2.75, 3.05) is 20.2 Å². The van der Waals surface area contributed by atoms with Crippen LogP contribution in [0.25, 0.3) is 6.08 Å². The van der Waals surface area contributed by atoms with Crippen LogP contribution >= 0.6 is 23.2 Å². The largest absolute Gasteiger partial charge is 0.396 e. The molecule has 0 fully saturated rings. The van der Waals surface area contributed by atoms with Crippen LogP contribution in [-0.4, -0.2) is 36.1 Å². The van der Waals surface area contributed by atoms with E-state index in [1.165, 1.54) is 6.08 Å². The van der Waals surface area contributed by atoms with Crippen LogP contribution in [0.1, 0.15) is 24.8 Å². The highest BCUT2D eigenvalue weighted by Crippen LogP contribution is 2.19. The van der Waals surface area contributed by atoms with Crippen LogP contribution in [0.2, 0.25) is 10.0 Å². The number of carbonyl (C=O) groups is 1. The Balaban J connectivity index is 2.49. The monoisotopic (exact) mass is 315 g/mol. The molecule has 0 saturated carbocycles. The normalized spacial score (nSPS) is 11.0. The average molecular weight is 316 g/mol. The van der Waals surface area contributed by atoms with Crippen molar-refractivity contribution < 1.29 is 9.90 Å². The summed E-state index contributed by atoms with van der Waals surface area (Å²) in [4.78, 5) is 13.5. The Labute approximate surface area is 129 Å². The Morgan fingerprint density at radius 2 is 1.85 bits per heavy atom. The number of rotatable bonds is 7. The van der Waals surface area contributed by atoms with E-state index in [1.54, 1.807) is 36.2 Å². The summed E-state index contributed by atoms with van der Waals surface area (Å²) in [6.07, 6.45) is 5.79. The van der Waals surface area contributed by atoms with E-state index in [4.69, 9.17) is 28.3 Å². The molecule has 0 aliphatic rings. The Morgan fingerprint density at radius 1 is 1.20 bits per heavy atom.